The van der Waals surface area contributed by atoms with Crippen LogP contribution < -0.4 is 20.1 Å². The second-order valence-corrected chi connectivity index (χ2v) is 6.42. The molecule has 0 aliphatic carbocycles. The number of hydrogen-bond acceptors (Lipinski definition) is 4. The summed E-state index contributed by atoms with van der Waals surface area (Å²) < 4.78 is 11.3. The smallest absolute Gasteiger partial charge is 0.262 e. The maximum Gasteiger partial charge on any atom is 0.262 e. The highest BCUT2D eigenvalue weighted by atomic mass is 16.5. The highest BCUT2D eigenvalue weighted by Gasteiger charge is 2.21. The van der Waals surface area contributed by atoms with E-state index in [1.54, 1.807) is 36.4 Å². The molecule has 0 atom stereocenters. The lowest BCUT2D eigenvalue weighted by atomic mass is 10.1. The van der Waals surface area contributed by atoms with Gasteiger partial charge in [0.05, 0.1) is 11.3 Å². The molecule has 1 aliphatic rings. The van der Waals surface area contributed by atoms with E-state index in [2.05, 4.69) is 10.6 Å². The van der Waals surface area contributed by atoms with E-state index in [1.807, 2.05) is 37.3 Å². The van der Waals surface area contributed by atoms with Crippen LogP contribution in [0.15, 0.2) is 66.7 Å². The van der Waals surface area contributed by atoms with Crippen molar-refractivity contribution in [3.05, 3.63) is 77.9 Å². The minimum Gasteiger partial charge on any atom is -0.484 e. The van der Waals surface area contributed by atoms with Crippen LogP contribution in [0, 0.1) is 6.92 Å². The first-order valence-corrected chi connectivity index (χ1v) is 8.80. The minimum absolute atomic E-state index is 0.130. The molecule has 2 N–H and O–H groups in total. The molecule has 140 valence electrons. The number of ether oxygens (including phenoxy) is 2. The van der Waals surface area contributed by atoms with Crippen LogP contribution in [-0.4, -0.2) is 18.4 Å². The van der Waals surface area contributed by atoms with Crippen LogP contribution in [0.5, 0.6) is 17.2 Å². The highest BCUT2D eigenvalue weighted by molar-refractivity contribution is 6.09. The van der Waals surface area contributed by atoms with Crippen molar-refractivity contribution in [2.24, 2.45) is 0 Å². The Bertz CT molecular complexity index is 1060. The van der Waals surface area contributed by atoms with E-state index in [0.717, 1.165) is 5.56 Å². The standard InChI is InChI=1S/C22H18N2O4/c1-14-5-4-6-16(11-14)27-13-21(25)23-15-9-10-19-17(12-15)22(26)24-18-7-2-3-8-20(18)28-19/h2-12H,13H2,1H3,(H,23,25)(H,24,26). The van der Waals surface area contributed by atoms with Gasteiger partial charge in [-0.1, -0.05) is 24.3 Å². The number of carbonyl (C=O) groups is 2. The molecule has 0 saturated heterocycles. The first kappa shape index (κ1) is 17.6. The molecule has 6 heteroatoms. The zero-order chi connectivity index (χ0) is 19.5. The minimum atomic E-state index is -0.320. The van der Waals surface area contributed by atoms with Gasteiger partial charge < -0.3 is 20.1 Å². The van der Waals surface area contributed by atoms with Crippen molar-refractivity contribution in [2.45, 2.75) is 6.92 Å². The molecule has 3 aromatic carbocycles. The summed E-state index contributed by atoms with van der Waals surface area (Å²) in [5.74, 6) is 1.00. The molecule has 1 aliphatic heterocycles. The molecule has 0 unspecified atom stereocenters. The van der Waals surface area contributed by atoms with Gasteiger partial charge in [0.1, 0.15) is 11.5 Å². The van der Waals surface area contributed by atoms with Crippen LogP contribution in [0.1, 0.15) is 15.9 Å². The van der Waals surface area contributed by atoms with Gasteiger partial charge in [0.25, 0.3) is 11.8 Å². The number of rotatable bonds is 4. The van der Waals surface area contributed by atoms with Gasteiger partial charge in [0.2, 0.25) is 0 Å². The second-order valence-electron chi connectivity index (χ2n) is 6.42. The molecule has 0 bridgehead atoms. The van der Waals surface area contributed by atoms with Crippen LogP contribution in [-0.2, 0) is 4.79 Å². The lowest BCUT2D eigenvalue weighted by Crippen LogP contribution is -2.20. The summed E-state index contributed by atoms with van der Waals surface area (Å²) in [5, 5.41) is 5.55. The van der Waals surface area contributed by atoms with E-state index in [-0.39, 0.29) is 18.4 Å². The Morgan fingerprint density at radius 1 is 1.04 bits per heavy atom. The molecule has 0 radical (unpaired) electrons. The Balaban J connectivity index is 1.46. The molecule has 0 aromatic heterocycles. The van der Waals surface area contributed by atoms with Crippen molar-refractivity contribution in [3.8, 4) is 17.2 Å². The van der Waals surface area contributed by atoms with E-state index >= 15 is 0 Å². The monoisotopic (exact) mass is 374 g/mol. The third-order valence-electron chi connectivity index (χ3n) is 4.22. The van der Waals surface area contributed by atoms with E-state index in [9.17, 15) is 9.59 Å². The Morgan fingerprint density at radius 3 is 2.75 bits per heavy atom. The van der Waals surface area contributed by atoms with Crippen LogP contribution in [0.4, 0.5) is 11.4 Å². The number of hydrogen-bond donors (Lipinski definition) is 2. The van der Waals surface area contributed by atoms with Gasteiger partial charge in [-0.15, -0.1) is 0 Å². The van der Waals surface area contributed by atoms with Crippen LogP contribution in [0.2, 0.25) is 0 Å². The number of amides is 2. The van der Waals surface area contributed by atoms with Gasteiger partial charge in [0, 0.05) is 5.69 Å². The molecular weight excluding hydrogens is 356 g/mol. The first-order chi connectivity index (χ1) is 13.6. The molecule has 0 spiro atoms. The molecule has 2 amide bonds. The summed E-state index contributed by atoms with van der Waals surface area (Å²) in [5.41, 5.74) is 2.48. The molecule has 0 saturated carbocycles. The number of para-hydroxylation sites is 2. The lowest BCUT2D eigenvalue weighted by Gasteiger charge is -2.10. The third kappa shape index (κ3) is 3.81. The van der Waals surface area contributed by atoms with E-state index in [0.29, 0.717) is 34.2 Å². The summed E-state index contributed by atoms with van der Waals surface area (Å²) in [7, 11) is 0. The number of aryl methyl sites for hydroxylation is 1. The van der Waals surface area contributed by atoms with Gasteiger partial charge in [-0.3, -0.25) is 9.59 Å². The van der Waals surface area contributed by atoms with Gasteiger partial charge in [0.15, 0.2) is 12.4 Å². The van der Waals surface area contributed by atoms with Crippen LogP contribution in [0.3, 0.4) is 0 Å². The first-order valence-electron chi connectivity index (χ1n) is 8.80. The summed E-state index contributed by atoms with van der Waals surface area (Å²) >= 11 is 0. The Morgan fingerprint density at radius 2 is 1.89 bits per heavy atom. The number of benzene rings is 3. The number of carbonyl (C=O) groups excluding carboxylic acids is 2. The maximum atomic E-state index is 12.5. The largest absolute Gasteiger partial charge is 0.484 e. The fraction of sp³-hybridized carbons (Fsp3) is 0.0909. The van der Waals surface area contributed by atoms with Crippen molar-refractivity contribution in [3.63, 3.8) is 0 Å². The fourth-order valence-electron chi connectivity index (χ4n) is 2.89. The Hall–Kier alpha value is -3.80. The Kier molecular flexibility index (Phi) is 4.68. The number of fused-ring (bicyclic) bond motifs is 2. The zero-order valence-electron chi connectivity index (χ0n) is 15.2. The van der Waals surface area contributed by atoms with E-state index in [4.69, 9.17) is 9.47 Å². The average molecular weight is 374 g/mol. The molecule has 6 nitrogen and oxygen atoms in total. The van der Waals surface area contributed by atoms with Gasteiger partial charge >= 0.3 is 0 Å². The predicted octanol–water partition coefficient (Wildman–Crippen LogP) is 4.37. The van der Waals surface area contributed by atoms with Crippen molar-refractivity contribution in [1.82, 2.24) is 0 Å². The number of nitrogens with one attached hydrogen (secondary N) is 2. The Labute approximate surface area is 162 Å². The lowest BCUT2D eigenvalue weighted by molar-refractivity contribution is -0.118. The molecule has 3 aromatic rings. The summed E-state index contributed by atoms with van der Waals surface area (Å²) in [6.07, 6.45) is 0. The fourth-order valence-corrected chi connectivity index (χ4v) is 2.89. The summed E-state index contributed by atoms with van der Waals surface area (Å²) in [4.78, 5) is 24.7. The van der Waals surface area contributed by atoms with Crippen molar-refractivity contribution >= 4 is 23.2 Å². The molecule has 0 fully saturated rings. The summed E-state index contributed by atoms with van der Waals surface area (Å²) in [6.45, 7) is 1.82. The highest BCUT2D eigenvalue weighted by Crippen LogP contribution is 2.36. The van der Waals surface area contributed by atoms with Gasteiger partial charge in [-0.05, 0) is 55.0 Å². The molecular formula is C22H18N2O4. The number of anilines is 2. The molecule has 1 heterocycles. The topological polar surface area (TPSA) is 76.7 Å². The van der Waals surface area contributed by atoms with Crippen molar-refractivity contribution < 1.29 is 19.1 Å². The average Bonchev–Trinajstić information content (AvgIpc) is 2.82. The van der Waals surface area contributed by atoms with E-state index in [1.165, 1.54) is 0 Å². The van der Waals surface area contributed by atoms with Crippen LogP contribution >= 0.6 is 0 Å². The third-order valence-corrected chi connectivity index (χ3v) is 4.22. The summed E-state index contributed by atoms with van der Waals surface area (Å²) in [6, 6.07) is 19.6. The molecule has 4 rings (SSSR count). The SMILES string of the molecule is Cc1cccc(OCC(=O)Nc2ccc3c(c2)C(=O)Nc2ccccc2O3)c1. The predicted molar refractivity (Wildman–Crippen MR) is 106 cm³/mol. The normalized spacial score (nSPS) is 12.0. The van der Waals surface area contributed by atoms with Crippen molar-refractivity contribution in [2.75, 3.05) is 17.2 Å². The van der Waals surface area contributed by atoms with Gasteiger partial charge in [-0.25, -0.2) is 0 Å². The second kappa shape index (κ2) is 7.44. The van der Waals surface area contributed by atoms with E-state index < -0.39 is 0 Å². The van der Waals surface area contributed by atoms with Crippen LogP contribution in [0.25, 0.3) is 0 Å². The van der Waals surface area contributed by atoms with Gasteiger partial charge in [-0.2, -0.15) is 0 Å². The molecule has 28 heavy (non-hydrogen) atoms. The zero-order valence-corrected chi connectivity index (χ0v) is 15.2. The van der Waals surface area contributed by atoms with Crippen molar-refractivity contribution in [1.29, 1.82) is 0 Å². The quantitative estimate of drug-likeness (QED) is 0.711. The maximum absolute atomic E-state index is 12.5.